The van der Waals surface area contributed by atoms with Crippen molar-refractivity contribution in [2.45, 2.75) is 58.3 Å². The van der Waals surface area contributed by atoms with Crippen molar-refractivity contribution >= 4 is 0 Å². The first-order valence-electron chi connectivity index (χ1n) is 5.42. The first-order chi connectivity index (χ1) is 6.91. The molecule has 0 rings (SSSR count). The van der Waals surface area contributed by atoms with Gasteiger partial charge in [-0.3, -0.25) is 0 Å². The standard InChI is InChI=1S/C11H24O4/c1-6-9(2)14-8-10(12)7-11(3,4)15-13-5/h9-10,12H,6-8H2,1-5H3. The molecule has 0 aromatic carbocycles. The van der Waals surface area contributed by atoms with Gasteiger partial charge in [-0.25, -0.2) is 9.78 Å². The number of aliphatic hydroxyl groups excluding tert-OH is 1. The molecule has 0 aromatic heterocycles. The van der Waals surface area contributed by atoms with E-state index in [1.165, 1.54) is 7.11 Å². The molecule has 0 aromatic rings. The SMILES string of the molecule is CCC(C)OCC(O)CC(C)(C)OOC. The van der Waals surface area contributed by atoms with Crippen LogP contribution in [0.4, 0.5) is 0 Å². The minimum Gasteiger partial charge on any atom is -0.391 e. The lowest BCUT2D eigenvalue weighted by atomic mass is 10.0. The predicted molar refractivity (Wildman–Crippen MR) is 58.5 cm³/mol. The molecule has 2 atom stereocenters. The molecule has 0 heterocycles. The van der Waals surface area contributed by atoms with E-state index in [1.54, 1.807) is 0 Å². The minimum absolute atomic E-state index is 0.186. The lowest BCUT2D eigenvalue weighted by molar-refractivity contribution is -0.340. The van der Waals surface area contributed by atoms with Crippen molar-refractivity contribution < 1.29 is 19.6 Å². The Labute approximate surface area is 92.5 Å². The average molecular weight is 220 g/mol. The van der Waals surface area contributed by atoms with E-state index < -0.39 is 11.7 Å². The highest BCUT2D eigenvalue weighted by molar-refractivity contribution is 4.72. The van der Waals surface area contributed by atoms with Gasteiger partial charge in [0.2, 0.25) is 0 Å². The maximum atomic E-state index is 9.70. The third-order valence-corrected chi connectivity index (χ3v) is 2.18. The summed E-state index contributed by atoms with van der Waals surface area (Å²) < 4.78 is 5.43. The highest BCUT2D eigenvalue weighted by Gasteiger charge is 2.24. The van der Waals surface area contributed by atoms with Crippen LogP contribution in [0.5, 0.6) is 0 Å². The summed E-state index contributed by atoms with van der Waals surface area (Å²) in [6.45, 7) is 8.11. The highest BCUT2D eigenvalue weighted by Crippen LogP contribution is 2.17. The van der Waals surface area contributed by atoms with Crippen molar-refractivity contribution in [3.63, 3.8) is 0 Å². The molecule has 0 aliphatic carbocycles. The van der Waals surface area contributed by atoms with Gasteiger partial charge < -0.3 is 9.84 Å². The molecule has 0 aliphatic rings. The van der Waals surface area contributed by atoms with Crippen molar-refractivity contribution in [2.24, 2.45) is 0 Å². The Morgan fingerprint density at radius 2 is 1.93 bits per heavy atom. The van der Waals surface area contributed by atoms with E-state index >= 15 is 0 Å². The van der Waals surface area contributed by atoms with Crippen LogP contribution in [0.25, 0.3) is 0 Å². The molecule has 0 amide bonds. The van der Waals surface area contributed by atoms with Crippen LogP contribution in [-0.2, 0) is 14.5 Å². The lowest BCUT2D eigenvalue weighted by Gasteiger charge is -2.25. The predicted octanol–water partition coefficient (Wildman–Crippen LogP) is 1.91. The molecule has 0 fully saturated rings. The molecule has 4 nitrogen and oxygen atoms in total. The van der Waals surface area contributed by atoms with Crippen molar-refractivity contribution in [1.29, 1.82) is 0 Å². The van der Waals surface area contributed by atoms with Crippen LogP contribution in [0.1, 0.15) is 40.5 Å². The molecule has 15 heavy (non-hydrogen) atoms. The van der Waals surface area contributed by atoms with E-state index in [2.05, 4.69) is 11.8 Å². The number of hydrogen-bond acceptors (Lipinski definition) is 4. The Morgan fingerprint density at radius 3 is 2.40 bits per heavy atom. The minimum atomic E-state index is -0.524. The number of rotatable bonds is 8. The normalized spacial score (nSPS) is 16.4. The zero-order valence-corrected chi connectivity index (χ0v) is 10.4. The molecular formula is C11H24O4. The summed E-state index contributed by atoms with van der Waals surface area (Å²) in [6.07, 6.45) is 1.09. The van der Waals surface area contributed by atoms with Crippen molar-refractivity contribution in [3.8, 4) is 0 Å². The zero-order chi connectivity index (χ0) is 11.9. The maximum absolute atomic E-state index is 9.70. The van der Waals surface area contributed by atoms with Crippen LogP contribution in [0, 0.1) is 0 Å². The van der Waals surface area contributed by atoms with Gasteiger partial charge in [-0.1, -0.05) is 6.92 Å². The highest BCUT2D eigenvalue weighted by atomic mass is 17.2. The fourth-order valence-corrected chi connectivity index (χ4v) is 1.28. The van der Waals surface area contributed by atoms with Gasteiger partial charge in [0.05, 0.1) is 25.9 Å². The van der Waals surface area contributed by atoms with E-state index in [9.17, 15) is 5.11 Å². The molecular weight excluding hydrogens is 196 g/mol. The molecule has 1 N–H and O–H groups in total. The Morgan fingerprint density at radius 1 is 1.33 bits per heavy atom. The third-order valence-electron chi connectivity index (χ3n) is 2.18. The van der Waals surface area contributed by atoms with Gasteiger partial charge in [0.15, 0.2) is 0 Å². The number of hydrogen-bond donors (Lipinski definition) is 1. The molecule has 0 bridgehead atoms. The Balaban J connectivity index is 3.77. The molecule has 0 aliphatic heterocycles. The fourth-order valence-electron chi connectivity index (χ4n) is 1.28. The summed E-state index contributed by atoms with van der Waals surface area (Å²) >= 11 is 0. The number of ether oxygens (including phenoxy) is 1. The molecule has 0 saturated carbocycles. The molecule has 2 unspecified atom stereocenters. The average Bonchev–Trinajstić information content (AvgIpc) is 2.13. The second-order valence-electron chi connectivity index (χ2n) is 4.42. The summed E-state index contributed by atoms with van der Waals surface area (Å²) in [4.78, 5) is 9.62. The van der Waals surface area contributed by atoms with Crippen LogP contribution in [-0.4, -0.2) is 36.6 Å². The fraction of sp³-hybridized carbons (Fsp3) is 1.00. The lowest BCUT2D eigenvalue weighted by Crippen LogP contribution is -2.32. The Bertz CT molecular complexity index is 159. The van der Waals surface area contributed by atoms with E-state index in [0.29, 0.717) is 13.0 Å². The van der Waals surface area contributed by atoms with Crippen molar-refractivity contribution in [3.05, 3.63) is 0 Å². The molecule has 92 valence electrons. The van der Waals surface area contributed by atoms with Crippen LogP contribution in [0.15, 0.2) is 0 Å². The van der Waals surface area contributed by atoms with Crippen molar-refractivity contribution in [1.82, 2.24) is 0 Å². The summed E-state index contributed by atoms with van der Waals surface area (Å²) in [7, 11) is 1.46. The zero-order valence-electron chi connectivity index (χ0n) is 10.4. The van der Waals surface area contributed by atoms with E-state index in [4.69, 9.17) is 9.62 Å². The van der Waals surface area contributed by atoms with Gasteiger partial charge in [-0.15, -0.1) is 0 Å². The summed E-state index contributed by atoms with van der Waals surface area (Å²) in [5, 5.41) is 9.70. The first-order valence-corrected chi connectivity index (χ1v) is 5.42. The first kappa shape index (κ1) is 14.8. The van der Waals surface area contributed by atoms with Crippen LogP contribution in [0.2, 0.25) is 0 Å². The molecule has 0 radical (unpaired) electrons. The third kappa shape index (κ3) is 7.73. The summed E-state index contributed by atoms with van der Waals surface area (Å²) in [5.74, 6) is 0. The molecule has 0 spiro atoms. The maximum Gasteiger partial charge on any atom is 0.100 e. The quantitative estimate of drug-likeness (QED) is 0.501. The largest absolute Gasteiger partial charge is 0.391 e. The van der Waals surface area contributed by atoms with Crippen LogP contribution < -0.4 is 0 Å². The van der Waals surface area contributed by atoms with Gasteiger partial charge in [-0.2, -0.15) is 0 Å². The van der Waals surface area contributed by atoms with Gasteiger partial charge in [0.1, 0.15) is 5.60 Å². The van der Waals surface area contributed by atoms with E-state index in [0.717, 1.165) is 6.42 Å². The Hall–Kier alpha value is -0.160. The van der Waals surface area contributed by atoms with Gasteiger partial charge >= 0.3 is 0 Å². The van der Waals surface area contributed by atoms with Crippen molar-refractivity contribution in [2.75, 3.05) is 13.7 Å². The van der Waals surface area contributed by atoms with Gasteiger partial charge in [-0.05, 0) is 27.2 Å². The topological polar surface area (TPSA) is 47.9 Å². The van der Waals surface area contributed by atoms with E-state index in [-0.39, 0.29) is 6.10 Å². The van der Waals surface area contributed by atoms with Gasteiger partial charge in [0.25, 0.3) is 0 Å². The van der Waals surface area contributed by atoms with Crippen LogP contribution >= 0.6 is 0 Å². The van der Waals surface area contributed by atoms with Gasteiger partial charge in [0, 0.05) is 6.42 Å². The molecule has 4 heteroatoms. The van der Waals surface area contributed by atoms with E-state index in [1.807, 2.05) is 20.8 Å². The monoisotopic (exact) mass is 220 g/mol. The number of aliphatic hydroxyl groups is 1. The molecule has 0 saturated heterocycles. The van der Waals surface area contributed by atoms with Crippen LogP contribution in [0.3, 0.4) is 0 Å². The smallest absolute Gasteiger partial charge is 0.100 e. The Kier molecular flexibility index (Phi) is 7.09. The summed E-state index contributed by atoms with van der Waals surface area (Å²) in [5.41, 5.74) is -0.493. The summed E-state index contributed by atoms with van der Waals surface area (Å²) in [6, 6.07) is 0. The second kappa shape index (κ2) is 7.17. The second-order valence-corrected chi connectivity index (χ2v) is 4.42.